The van der Waals surface area contributed by atoms with Gasteiger partial charge in [-0.2, -0.15) is 0 Å². The molecule has 1 atom stereocenters. The summed E-state index contributed by atoms with van der Waals surface area (Å²) in [6, 6.07) is 5.97. The molecule has 4 rings (SSSR count). The highest BCUT2D eigenvalue weighted by Gasteiger charge is 2.26. The number of esters is 1. The molecule has 0 saturated carbocycles. The number of carbonyl (C=O) groups is 2. The van der Waals surface area contributed by atoms with Gasteiger partial charge in [0.15, 0.2) is 17.1 Å². The summed E-state index contributed by atoms with van der Waals surface area (Å²) in [5.41, 5.74) is 3.80. The van der Waals surface area contributed by atoms with E-state index in [0.29, 0.717) is 21.5 Å². The smallest absolute Gasteiger partial charge is 0.341 e. The van der Waals surface area contributed by atoms with Crippen LogP contribution in [0.1, 0.15) is 70.0 Å². The second-order valence-corrected chi connectivity index (χ2v) is 11.0. The van der Waals surface area contributed by atoms with E-state index in [9.17, 15) is 9.59 Å². The van der Waals surface area contributed by atoms with Gasteiger partial charge in [-0.3, -0.25) is 4.79 Å². The Labute approximate surface area is 219 Å². The highest BCUT2D eigenvalue weighted by molar-refractivity contribution is 7.99. The predicted molar refractivity (Wildman–Crippen MR) is 142 cm³/mol. The van der Waals surface area contributed by atoms with E-state index >= 15 is 0 Å². The van der Waals surface area contributed by atoms with Gasteiger partial charge in [0, 0.05) is 11.9 Å². The summed E-state index contributed by atoms with van der Waals surface area (Å²) in [4.78, 5) is 26.5. The van der Waals surface area contributed by atoms with Crippen LogP contribution in [-0.2, 0) is 29.4 Å². The van der Waals surface area contributed by atoms with Crippen LogP contribution >= 0.6 is 23.1 Å². The SMILES string of the molecule is COC(=O)c1c(NC(=O)CSc2nnc(C(C)Oc3cccc(C)c3C)n2C)sc2c1CCCCC2. The van der Waals surface area contributed by atoms with Crippen molar-refractivity contribution < 1.29 is 19.1 Å². The second-order valence-electron chi connectivity index (χ2n) is 8.95. The minimum atomic E-state index is -0.395. The Bertz CT molecular complexity index is 1270. The number of rotatable bonds is 8. The van der Waals surface area contributed by atoms with Crippen LogP contribution in [0.15, 0.2) is 23.4 Å². The van der Waals surface area contributed by atoms with E-state index in [4.69, 9.17) is 9.47 Å². The van der Waals surface area contributed by atoms with Crippen LogP contribution in [0.3, 0.4) is 0 Å². The molecule has 0 aliphatic heterocycles. The van der Waals surface area contributed by atoms with E-state index in [-0.39, 0.29) is 17.8 Å². The number of hydrogen-bond acceptors (Lipinski definition) is 8. The van der Waals surface area contributed by atoms with E-state index < -0.39 is 5.97 Å². The van der Waals surface area contributed by atoms with Crippen molar-refractivity contribution in [1.29, 1.82) is 0 Å². The van der Waals surface area contributed by atoms with Crippen LogP contribution in [0.5, 0.6) is 5.75 Å². The Hall–Kier alpha value is -2.85. The lowest BCUT2D eigenvalue weighted by atomic mass is 10.1. The molecule has 0 saturated heterocycles. The normalized spacial score (nSPS) is 14.0. The number of nitrogens with one attached hydrogen (secondary N) is 1. The Morgan fingerprint density at radius 1 is 1.19 bits per heavy atom. The number of aromatic nitrogens is 3. The Morgan fingerprint density at radius 3 is 2.75 bits per heavy atom. The van der Waals surface area contributed by atoms with Gasteiger partial charge in [0.1, 0.15) is 10.8 Å². The van der Waals surface area contributed by atoms with Crippen LogP contribution in [0.2, 0.25) is 0 Å². The molecule has 0 bridgehead atoms. The highest BCUT2D eigenvalue weighted by Crippen LogP contribution is 2.38. The molecule has 2 heterocycles. The third kappa shape index (κ3) is 5.59. The average Bonchev–Trinajstić information content (AvgIpc) is 3.30. The van der Waals surface area contributed by atoms with Crippen LogP contribution < -0.4 is 10.1 Å². The molecule has 1 aromatic carbocycles. The van der Waals surface area contributed by atoms with Crippen molar-refractivity contribution in [2.45, 2.75) is 64.1 Å². The molecule has 36 heavy (non-hydrogen) atoms. The number of anilines is 1. The van der Waals surface area contributed by atoms with Crippen molar-refractivity contribution in [2.24, 2.45) is 7.05 Å². The van der Waals surface area contributed by atoms with Crippen LogP contribution in [-0.4, -0.2) is 39.5 Å². The number of ether oxygens (including phenoxy) is 2. The monoisotopic (exact) mass is 528 g/mol. The summed E-state index contributed by atoms with van der Waals surface area (Å²) in [6.45, 7) is 6.02. The number of thiophene rings is 1. The first-order valence-corrected chi connectivity index (χ1v) is 13.9. The van der Waals surface area contributed by atoms with Gasteiger partial charge in [-0.05, 0) is 69.2 Å². The number of nitrogens with zero attached hydrogens (tertiary/aromatic N) is 3. The predicted octanol–water partition coefficient (Wildman–Crippen LogP) is 5.42. The molecule has 1 amide bonds. The van der Waals surface area contributed by atoms with E-state index in [0.717, 1.165) is 54.5 Å². The standard InChI is InChI=1S/C26H32N4O4S2/c1-15-10-9-12-19(16(15)2)34-17(3)23-28-29-26(30(23)4)35-14-21(31)27-24-22(25(32)33-5)18-11-7-6-8-13-20(18)36-24/h9-10,12,17H,6-8,11,13-14H2,1-5H3,(H,27,31). The molecule has 0 spiro atoms. The van der Waals surface area contributed by atoms with Crippen molar-refractivity contribution in [1.82, 2.24) is 14.8 Å². The van der Waals surface area contributed by atoms with Gasteiger partial charge in [0.2, 0.25) is 5.91 Å². The van der Waals surface area contributed by atoms with Gasteiger partial charge in [-0.1, -0.05) is 30.3 Å². The minimum absolute atomic E-state index is 0.140. The maximum absolute atomic E-state index is 12.8. The first kappa shape index (κ1) is 26.2. The van der Waals surface area contributed by atoms with Gasteiger partial charge in [-0.25, -0.2) is 4.79 Å². The quantitative estimate of drug-likeness (QED) is 0.237. The number of methoxy groups -OCH3 is 1. The summed E-state index contributed by atoms with van der Waals surface area (Å²) in [7, 11) is 3.24. The van der Waals surface area contributed by atoms with Crippen molar-refractivity contribution >= 4 is 40.0 Å². The Balaban J connectivity index is 1.42. The molecule has 2 aromatic heterocycles. The van der Waals surface area contributed by atoms with Crippen molar-refractivity contribution in [3.05, 3.63) is 51.2 Å². The number of fused-ring (bicyclic) bond motifs is 1. The summed E-state index contributed by atoms with van der Waals surface area (Å²) in [5, 5.41) is 12.7. The number of amides is 1. The van der Waals surface area contributed by atoms with E-state index in [1.54, 1.807) is 0 Å². The molecule has 0 radical (unpaired) electrons. The maximum atomic E-state index is 12.8. The molecule has 1 unspecified atom stereocenters. The van der Waals surface area contributed by atoms with Gasteiger partial charge in [0.05, 0.1) is 18.4 Å². The van der Waals surface area contributed by atoms with Crippen LogP contribution in [0.4, 0.5) is 5.00 Å². The molecule has 1 aliphatic rings. The molecule has 8 nitrogen and oxygen atoms in total. The lowest BCUT2D eigenvalue weighted by Gasteiger charge is -2.16. The lowest BCUT2D eigenvalue weighted by molar-refractivity contribution is -0.113. The molecular weight excluding hydrogens is 496 g/mol. The lowest BCUT2D eigenvalue weighted by Crippen LogP contribution is -2.17. The van der Waals surface area contributed by atoms with Crippen molar-refractivity contribution in [2.75, 3.05) is 18.2 Å². The van der Waals surface area contributed by atoms with Gasteiger partial charge in [0.25, 0.3) is 0 Å². The van der Waals surface area contributed by atoms with Crippen molar-refractivity contribution in [3.8, 4) is 5.75 Å². The minimum Gasteiger partial charge on any atom is -0.482 e. The number of hydrogen-bond donors (Lipinski definition) is 1. The van der Waals surface area contributed by atoms with Gasteiger partial charge < -0.3 is 19.4 Å². The molecule has 1 N–H and O–H groups in total. The fraction of sp³-hybridized carbons (Fsp3) is 0.462. The molecule has 3 aromatic rings. The van der Waals surface area contributed by atoms with Crippen LogP contribution in [0, 0.1) is 13.8 Å². The summed E-state index contributed by atoms with van der Waals surface area (Å²) >= 11 is 2.78. The molecule has 192 valence electrons. The number of carbonyl (C=O) groups excluding carboxylic acids is 2. The largest absolute Gasteiger partial charge is 0.482 e. The first-order valence-electron chi connectivity index (χ1n) is 12.1. The Morgan fingerprint density at radius 2 is 1.97 bits per heavy atom. The molecule has 0 fully saturated rings. The third-order valence-corrected chi connectivity index (χ3v) is 8.71. The molecule has 10 heteroatoms. The van der Waals surface area contributed by atoms with E-state index in [1.807, 2.05) is 37.6 Å². The van der Waals surface area contributed by atoms with E-state index in [1.165, 1.54) is 35.1 Å². The van der Waals surface area contributed by atoms with Gasteiger partial charge in [-0.15, -0.1) is 21.5 Å². The molecule has 1 aliphatic carbocycles. The highest BCUT2D eigenvalue weighted by atomic mass is 32.2. The fourth-order valence-corrected chi connectivity index (χ4v) is 6.35. The number of benzene rings is 1. The first-order chi connectivity index (χ1) is 17.3. The van der Waals surface area contributed by atoms with Gasteiger partial charge >= 0.3 is 5.97 Å². The topological polar surface area (TPSA) is 95.3 Å². The summed E-state index contributed by atoms with van der Waals surface area (Å²) in [6.07, 6.45) is 4.74. The molecular formula is C26H32N4O4S2. The zero-order chi connectivity index (χ0) is 25.8. The number of aryl methyl sites for hydroxylation is 2. The maximum Gasteiger partial charge on any atom is 0.341 e. The van der Waals surface area contributed by atoms with Crippen LogP contribution in [0.25, 0.3) is 0 Å². The zero-order valence-electron chi connectivity index (χ0n) is 21.3. The second kappa shape index (κ2) is 11.5. The summed E-state index contributed by atoms with van der Waals surface area (Å²) < 4.78 is 13.0. The number of thioether (sulfide) groups is 1. The fourth-order valence-electron chi connectivity index (χ4n) is 4.34. The zero-order valence-corrected chi connectivity index (χ0v) is 23.0. The third-order valence-electron chi connectivity index (χ3n) is 6.49. The van der Waals surface area contributed by atoms with E-state index in [2.05, 4.69) is 28.5 Å². The Kier molecular flexibility index (Phi) is 8.35. The summed E-state index contributed by atoms with van der Waals surface area (Å²) in [5.74, 6) is 1.03. The average molecular weight is 529 g/mol. The van der Waals surface area contributed by atoms with Crippen molar-refractivity contribution in [3.63, 3.8) is 0 Å².